The highest BCUT2D eigenvalue weighted by Gasteiger charge is 2.41. The summed E-state index contributed by atoms with van der Waals surface area (Å²) in [6.45, 7) is 5.51. The first-order valence-corrected chi connectivity index (χ1v) is 7.46. The first-order valence-electron chi connectivity index (χ1n) is 5.98. The van der Waals surface area contributed by atoms with Crippen molar-refractivity contribution in [1.82, 2.24) is 14.5 Å². The monoisotopic (exact) mass is 272 g/mol. The number of sulfonamides is 1. The zero-order valence-corrected chi connectivity index (χ0v) is 12.0. The van der Waals surface area contributed by atoms with E-state index in [1.807, 2.05) is 13.8 Å². The predicted molar refractivity (Wildman–Crippen MR) is 69.5 cm³/mol. The highest BCUT2D eigenvalue weighted by Crippen LogP contribution is 2.40. The molecule has 0 amide bonds. The van der Waals surface area contributed by atoms with Crippen molar-refractivity contribution in [3.8, 4) is 0 Å². The molecular weight excluding hydrogens is 252 g/mol. The highest BCUT2D eigenvalue weighted by molar-refractivity contribution is 7.89. The molecule has 1 fully saturated rings. The molecule has 0 aromatic carbocycles. The summed E-state index contributed by atoms with van der Waals surface area (Å²) in [6, 6.07) is 0. The minimum atomic E-state index is -3.62. The largest absolute Gasteiger partial charge is 0.381 e. The number of nitrogens with zero attached hydrogens (tertiary/aromatic N) is 2. The Balaban J connectivity index is 2.36. The molecule has 1 heterocycles. The summed E-state index contributed by atoms with van der Waals surface area (Å²) in [5.41, 5.74) is 5.80. The lowest BCUT2D eigenvalue weighted by Crippen LogP contribution is -2.45. The summed E-state index contributed by atoms with van der Waals surface area (Å²) in [5, 5.41) is 3.94. The van der Waals surface area contributed by atoms with Crippen LogP contribution in [0.25, 0.3) is 0 Å². The van der Waals surface area contributed by atoms with Gasteiger partial charge in [-0.05, 0) is 39.5 Å². The van der Waals surface area contributed by atoms with E-state index >= 15 is 0 Å². The molecule has 1 aliphatic rings. The fourth-order valence-corrected chi connectivity index (χ4v) is 4.03. The number of aromatic nitrogens is 2. The number of hydrogen-bond donors (Lipinski definition) is 2. The Labute approximate surface area is 108 Å². The van der Waals surface area contributed by atoms with Gasteiger partial charge in [-0.3, -0.25) is 4.68 Å². The first-order chi connectivity index (χ1) is 8.15. The molecule has 0 radical (unpaired) electrons. The normalized spacial score (nSPS) is 17.1. The smallest absolute Gasteiger partial charge is 0.246 e. The third-order valence-corrected chi connectivity index (χ3v) is 5.41. The van der Waals surface area contributed by atoms with E-state index in [1.165, 1.54) is 4.68 Å². The minimum absolute atomic E-state index is 0.0501. The van der Waals surface area contributed by atoms with Gasteiger partial charge in [-0.1, -0.05) is 0 Å². The van der Waals surface area contributed by atoms with Crippen molar-refractivity contribution in [1.29, 1.82) is 0 Å². The number of aryl methyl sites for hydroxylation is 1. The van der Waals surface area contributed by atoms with E-state index in [1.54, 1.807) is 14.0 Å². The van der Waals surface area contributed by atoms with Crippen LogP contribution in [0.5, 0.6) is 0 Å². The van der Waals surface area contributed by atoms with Crippen molar-refractivity contribution in [2.24, 2.45) is 13.0 Å². The maximum Gasteiger partial charge on any atom is 0.246 e. The highest BCUT2D eigenvalue weighted by atomic mass is 32.2. The van der Waals surface area contributed by atoms with Crippen molar-refractivity contribution in [3.63, 3.8) is 0 Å². The van der Waals surface area contributed by atoms with Crippen LogP contribution < -0.4 is 10.5 Å². The van der Waals surface area contributed by atoms with Crippen molar-refractivity contribution >= 4 is 15.8 Å². The van der Waals surface area contributed by atoms with Crippen molar-refractivity contribution < 1.29 is 8.42 Å². The molecule has 0 aliphatic heterocycles. The summed E-state index contributed by atoms with van der Waals surface area (Å²) >= 11 is 0. The number of hydrogen-bond acceptors (Lipinski definition) is 4. The van der Waals surface area contributed by atoms with Gasteiger partial charge in [0.25, 0.3) is 0 Å². The van der Waals surface area contributed by atoms with E-state index in [-0.39, 0.29) is 10.7 Å². The van der Waals surface area contributed by atoms with Gasteiger partial charge in [0.1, 0.15) is 4.90 Å². The summed E-state index contributed by atoms with van der Waals surface area (Å²) in [5.74, 6) is 0.458. The van der Waals surface area contributed by atoms with Crippen LogP contribution in [0.15, 0.2) is 4.90 Å². The molecule has 0 atom stereocenters. The fourth-order valence-electron chi connectivity index (χ4n) is 2.23. The predicted octanol–water partition coefficient (Wildman–Crippen LogP) is 0.778. The van der Waals surface area contributed by atoms with Crippen molar-refractivity contribution in [2.75, 3.05) is 5.73 Å². The van der Waals surface area contributed by atoms with E-state index in [0.29, 0.717) is 11.6 Å². The second-order valence-electron chi connectivity index (χ2n) is 5.52. The third kappa shape index (κ3) is 2.24. The van der Waals surface area contributed by atoms with E-state index in [0.717, 1.165) is 12.8 Å². The number of anilines is 1. The van der Waals surface area contributed by atoms with E-state index in [9.17, 15) is 8.42 Å². The van der Waals surface area contributed by atoms with E-state index < -0.39 is 15.6 Å². The van der Waals surface area contributed by atoms with Gasteiger partial charge in [0.15, 0.2) is 5.82 Å². The molecule has 1 aromatic heterocycles. The van der Waals surface area contributed by atoms with Crippen LogP contribution in [0.1, 0.15) is 32.4 Å². The van der Waals surface area contributed by atoms with Gasteiger partial charge < -0.3 is 5.73 Å². The van der Waals surface area contributed by atoms with Gasteiger partial charge in [0.05, 0.1) is 5.69 Å². The van der Waals surface area contributed by atoms with Gasteiger partial charge in [-0.25, -0.2) is 13.1 Å². The lowest BCUT2D eigenvalue weighted by atomic mass is 10.0. The Kier molecular flexibility index (Phi) is 2.94. The maximum absolute atomic E-state index is 12.4. The molecule has 3 N–H and O–H groups in total. The summed E-state index contributed by atoms with van der Waals surface area (Å²) in [7, 11) is -1.94. The molecule has 0 saturated heterocycles. The Morgan fingerprint density at radius 3 is 2.39 bits per heavy atom. The number of rotatable bonds is 4. The zero-order chi connectivity index (χ0) is 13.7. The fraction of sp³-hybridized carbons (Fsp3) is 0.727. The average Bonchev–Trinajstić information content (AvgIpc) is 2.94. The topological polar surface area (TPSA) is 90.0 Å². The molecule has 6 nitrogen and oxygen atoms in total. The molecule has 7 heteroatoms. The minimum Gasteiger partial charge on any atom is -0.381 e. The second-order valence-corrected chi connectivity index (χ2v) is 7.14. The third-order valence-electron chi connectivity index (χ3n) is 3.57. The van der Waals surface area contributed by atoms with Crippen LogP contribution in [0.3, 0.4) is 0 Å². The van der Waals surface area contributed by atoms with Gasteiger partial charge in [-0.2, -0.15) is 5.10 Å². The maximum atomic E-state index is 12.4. The number of nitrogen functional groups attached to an aromatic ring is 1. The summed E-state index contributed by atoms with van der Waals surface area (Å²) in [4.78, 5) is 0.0960. The molecule has 1 saturated carbocycles. The summed E-state index contributed by atoms with van der Waals surface area (Å²) in [6.07, 6.45) is 2.13. The van der Waals surface area contributed by atoms with Gasteiger partial charge in [0.2, 0.25) is 10.0 Å². The number of nitrogens with one attached hydrogen (secondary N) is 1. The van der Waals surface area contributed by atoms with Crippen LogP contribution in [0, 0.1) is 12.8 Å². The molecule has 2 rings (SSSR count). The Morgan fingerprint density at radius 2 is 2.00 bits per heavy atom. The SMILES string of the molecule is Cc1c(S(=O)(=O)NC(C)(C)C2CC2)c(N)nn1C. The van der Waals surface area contributed by atoms with Crippen LogP contribution in [0.4, 0.5) is 5.82 Å². The van der Waals surface area contributed by atoms with E-state index in [2.05, 4.69) is 9.82 Å². The van der Waals surface area contributed by atoms with Gasteiger partial charge in [-0.15, -0.1) is 0 Å². The van der Waals surface area contributed by atoms with Crippen molar-refractivity contribution in [3.05, 3.63) is 5.69 Å². The molecular formula is C11H20N4O2S. The van der Waals surface area contributed by atoms with Crippen LogP contribution in [-0.2, 0) is 17.1 Å². The molecule has 0 bridgehead atoms. The standard InChI is InChI=1S/C11H20N4O2S/c1-7-9(10(12)13-15(7)4)18(16,17)14-11(2,3)8-5-6-8/h8,14H,5-6H2,1-4H3,(H2,12,13). The first kappa shape index (κ1) is 13.4. The Hall–Kier alpha value is -1.08. The van der Waals surface area contributed by atoms with Gasteiger partial charge in [0, 0.05) is 12.6 Å². The zero-order valence-electron chi connectivity index (χ0n) is 11.2. The van der Waals surface area contributed by atoms with Gasteiger partial charge >= 0.3 is 0 Å². The second kappa shape index (κ2) is 3.96. The van der Waals surface area contributed by atoms with Crippen LogP contribution in [0.2, 0.25) is 0 Å². The molecule has 1 aromatic rings. The lowest BCUT2D eigenvalue weighted by molar-refractivity contribution is 0.400. The molecule has 1 aliphatic carbocycles. The Morgan fingerprint density at radius 1 is 1.44 bits per heavy atom. The van der Waals surface area contributed by atoms with Crippen LogP contribution in [-0.4, -0.2) is 23.7 Å². The molecule has 18 heavy (non-hydrogen) atoms. The van der Waals surface area contributed by atoms with Crippen molar-refractivity contribution in [2.45, 2.75) is 44.0 Å². The lowest BCUT2D eigenvalue weighted by Gasteiger charge is -2.25. The summed E-state index contributed by atoms with van der Waals surface area (Å²) < 4.78 is 29.0. The molecule has 102 valence electrons. The van der Waals surface area contributed by atoms with Crippen LogP contribution >= 0.6 is 0 Å². The molecule has 0 unspecified atom stereocenters. The quantitative estimate of drug-likeness (QED) is 0.847. The average molecular weight is 272 g/mol. The number of nitrogens with two attached hydrogens (primary N) is 1. The molecule has 0 spiro atoms. The Bertz CT molecular complexity index is 570. The van der Waals surface area contributed by atoms with E-state index in [4.69, 9.17) is 5.73 Å².